The van der Waals surface area contributed by atoms with Crippen molar-refractivity contribution in [2.45, 2.75) is 31.7 Å². The molecule has 27 heavy (non-hydrogen) atoms. The van der Waals surface area contributed by atoms with Crippen LogP contribution in [0.2, 0.25) is 10.0 Å². The van der Waals surface area contributed by atoms with Gasteiger partial charge < -0.3 is 14.4 Å². The number of carbonyl (C=O) groups excluding carboxylic acids is 1. The Labute approximate surface area is 170 Å². The predicted molar refractivity (Wildman–Crippen MR) is 108 cm³/mol. The smallest absolute Gasteiger partial charge is 0.223 e. The molecule has 0 bridgehead atoms. The Bertz CT molecular complexity index is 825. The highest BCUT2D eigenvalue weighted by Crippen LogP contribution is 2.35. The Morgan fingerprint density at radius 3 is 2.63 bits per heavy atom. The van der Waals surface area contributed by atoms with E-state index in [2.05, 4.69) is 0 Å². The Morgan fingerprint density at radius 2 is 1.93 bits per heavy atom. The van der Waals surface area contributed by atoms with Crippen molar-refractivity contribution >= 4 is 29.1 Å². The van der Waals surface area contributed by atoms with Gasteiger partial charge in [-0.15, -0.1) is 0 Å². The SMILES string of the molecule is COc1ccc(OC)c(CCC(=O)N2CCCC2c2ccc(Cl)c(Cl)c2)c1. The first kappa shape index (κ1) is 19.8. The number of rotatable bonds is 6. The van der Waals surface area contributed by atoms with Crippen LogP contribution in [0.5, 0.6) is 11.5 Å². The fraction of sp³-hybridized carbons (Fsp3) is 0.381. The molecule has 0 aliphatic carbocycles. The summed E-state index contributed by atoms with van der Waals surface area (Å²) < 4.78 is 10.7. The van der Waals surface area contributed by atoms with Crippen LogP contribution < -0.4 is 9.47 Å². The summed E-state index contributed by atoms with van der Waals surface area (Å²) in [6, 6.07) is 11.3. The average Bonchev–Trinajstić information content (AvgIpc) is 3.17. The minimum Gasteiger partial charge on any atom is -0.497 e. The first-order valence-electron chi connectivity index (χ1n) is 8.98. The summed E-state index contributed by atoms with van der Waals surface area (Å²) in [5, 5.41) is 1.05. The number of methoxy groups -OCH3 is 2. The lowest BCUT2D eigenvalue weighted by Gasteiger charge is -2.25. The Hall–Kier alpha value is -1.91. The maximum Gasteiger partial charge on any atom is 0.223 e. The maximum absolute atomic E-state index is 12.9. The second kappa shape index (κ2) is 8.85. The van der Waals surface area contributed by atoms with E-state index in [-0.39, 0.29) is 11.9 Å². The molecule has 0 aromatic heterocycles. The van der Waals surface area contributed by atoms with Gasteiger partial charge in [0.2, 0.25) is 5.91 Å². The molecular formula is C21H23Cl2NO3. The fourth-order valence-corrected chi connectivity index (χ4v) is 3.90. The lowest BCUT2D eigenvalue weighted by Crippen LogP contribution is -2.30. The number of hydrogen-bond acceptors (Lipinski definition) is 3. The molecule has 1 unspecified atom stereocenters. The number of aryl methyl sites for hydroxylation is 1. The number of likely N-dealkylation sites (tertiary alicyclic amines) is 1. The van der Waals surface area contributed by atoms with Gasteiger partial charge in [-0.05, 0) is 60.7 Å². The molecule has 6 heteroatoms. The molecule has 144 valence electrons. The maximum atomic E-state index is 12.9. The molecule has 0 spiro atoms. The van der Waals surface area contributed by atoms with E-state index in [4.69, 9.17) is 32.7 Å². The minimum atomic E-state index is 0.0551. The standard InChI is InChI=1S/C21H23Cl2NO3/c1-26-16-7-9-20(27-2)15(12-16)6-10-21(25)24-11-3-4-19(24)14-5-8-17(22)18(23)13-14/h5,7-9,12-13,19H,3-4,6,10-11H2,1-2H3. The van der Waals surface area contributed by atoms with Gasteiger partial charge in [0.1, 0.15) is 11.5 Å². The van der Waals surface area contributed by atoms with E-state index in [9.17, 15) is 4.79 Å². The second-order valence-corrected chi connectivity index (χ2v) is 7.41. The fourth-order valence-electron chi connectivity index (χ4n) is 3.59. The molecule has 2 aromatic carbocycles. The number of ether oxygens (including phenoxy) is 2. The van der Waals surface area contributed by atoms with Crippen molar-refractivity contribution in [3.05, 3.63) is 57.6 Å². The van der Waals surface area contributed by atoms with Gasteiger partial charge in [-0.3, -0.25) is 4.79 Å². The summed E-state index contributed by atoms with van der Waals surface area (Å²) in [5.74, 6) is 1.66. The van der Waals surface area contributed by atoms with E-state index in [1.165, 1.54) is 0 Å². The van der Waals surface area contributed by atoms with Gasteiger partial charge in [0.15, 0.2) is 0 Å². The van der Waals surface area contributed by atoms with E-state index >= 15 is 0 Å². The summed E-state index contributed by atoms with van der Waals surface area (Å²) in [6.07, 6.45) is 2.94. The topological polar surface area (TPSA) is 38.8 Å². The van der Waals surface area contributed by atoms with Crippen molar-refractivity contribution in [2.24, 2.45) is 0 Å². The zero-order valence-electron chi connectivity index (χ0n) is 15.5. The van der Waals surface area contributed by atoms with Gasteiger partial charge in [-0.25, -0.2) is 0 Å². The zero-order valence-corrected chi connectivity index (χ0v) is 17.0. The second-order valence-electron chi connectivity index (χ2n) is 6.60. The summed E-state index contributed by atoms with van der Waals surface area (Å²) in [4.78, 5) is 14.9. The molecule has 2 aromatic rings. The quantitative estimate of drug-likeness (QED) is 0.651. The van der Waals surface area contributed by atoms with Gasteiger partial charge >= 0.3 is 0 Å². The van der Waals surface area contributed by atoms with E-state index in [1.54, 1.807) is 20.3 Å². The van der Waals surface area contributed by atoms with Gasteiger partial charge in [0, 0.05) is 13.0 Å². The molecule has 3 rings (SSSR count). The molecule has 4 nitrogen and oxygen atoms in total. The monoisotopic (exact) mass is 407 g/mol. The van der Waals surface area contributed by atoms with Crippen LogP contribution in [-0.2, 0) is 11.2 Å². The van der Waals surface area contributed by atoms with Gasteiger partial charge in [-0.2, -0.15) is 0 Å². The summed E-state index contributed by atoms with van der Waals surface area (Å²) in [7, 11) is 3.26. The number of amides is 1. The van der Waals surface area contributed by atoms with E-state index in [0.717, 1.165) is 42.0 Å². The first-order valence-corrected chi connectivity index (χ1v) is 9.74. The number of halogens is 2. The highest BCUT2D eigenvalue weighted by Gasteiger charge is 2.30. The van der Waals surface area contributed by atoms with Gasteiger partial charge in [-0.1, -0.05) is 29.3 Å². The lowest BCUT2D eigenvalue weighted by molar-refractivity contribution is -0.132. The first-order chi connectivity index (χ1) is 13.0. The van der Waals surface area contributed by atoms with Crippen LogP contribution in [0.4, 0.5) is 0 Å². The molecule has 1 aliphatic heterocycles. The number of hydrogen-bond donors (Lipinski definition) is 0. The Morgan fingerprint density at radius 1 is 1.11 bits per heavy atom. The molecule has 0 radical (unpaired) electrons. The van der Waals surface area contributed by atoms with Crippen LogP contribution in [0, 0.1) is 0 Å². The van der Waals surface area contributed by atoms with E-state index in [0.29, 0.717) is 22.9 Å². The van der Waals surface area contributed by atoms with Crippen LogP contribution in [0.25, 0.3) is 0 Å². The molecule has 1 amide bonds. The predicted octanol–water partition coefficient (Wildman–Crippen LogP) is 5.31. The third-order valence-corrected chi connectivity index (χ3v) is 5.74. The summed E-state index contributed by atoms with van der Waals surface area (Å²) >= 11 is 12.2. The molecule has 1 atom stereocenters. The lowest BCUT2D eigenvalue weighted by atomic mass is 10.0. The average molecular weight is 408 g/mol. The van der Waals surface area contributed by atoms with Crippen molar-refractivity contribution in [1.29, 1.82) is 0 Å². The van der Waals surface area contributed by atoms with Crippen molar-refractivity contribution in [3.63, 3.8) is 0 Å². The number of carbonyl (C=O) groups is 1. The third-order valence-electron chi connectivity index (χ3n) is 5.00. The zero-order chi connectivity index (χ0) is 19.4. The number of nitrogens with zero attached hydrogens (tertiary/aromatic N) is 1. The van der Waals surface area contributed by atoms with E-state index in [1.807, 2.05) is 35.2 Å². The molecule has 1 aliphatic rings. The molecule has 0 N–H and O–H groups in total. The van der Waals surface area contributed by atoms with Crippen LogP contribution in [0.15, 0.2) is 36.4 Å². The molecule has 0 saturated carbocycles. The molecule has 1 saturated heterocycles. The van der Waals surface area contributed by atoms with Crippen LogP contribution in [-0.4, -0.2) is 31.6 Å². The van der Waals surface area contributed by atoms with Crippen LogP contribution in [0.1, 0.15) is 36.4 Å². The van der Waals surface area contributed by atoms with Crippen molar-refractivity contribution in [2.75, 3.05) is 20.8 Å². The van der Waals surface area contributed by atoms with Crippen LogP contribution >= 0.6 is 23.2 Å². The Balaban J connectivity index is 1.71. The molecule has 1 heterocycles. The highest BCUT2D eigenvalue weighted by molar-refractivity contribution is 6.42. The number of benzene rings is 2. The highest BCUT2D eigenvalue weighted by atomic mass is 35.5. The summed E-state index contributed by atoms with van der Waals surface area (Å²) in [5.41, 5.74) is 2.00. The minimum absolute atomic E-state index is 0.0551. The molecule has 1 fully saturated rings. The van der Waals surface area contributed by atoms with Crippen molar-refractivity contribution in [3.8, 4) is 11.5 Å². The largest absolute Gasteiger partial charge is 0.497 e. The van der Waals surface area contributed by atoms with Crippen LogP contribution in [0.3, 0.4) is 0 Å². The van der Waals surface area contributed by atoms with Gasteiger partial charge in [0.25, 0.3) is 0 Å². The van der Waals surface area contributed by atoms with Crippen molar-refractivity contribution in [1.82, 2.24) is 4.90 Å². The third kappa shape index (κ3) is 4.50. The van der Waals surface area contributed by atoms with E-state index < -0.39 is 0 Å². The van der Waals surface area contributed by atoms with Crippen molar-refractivity contribution < 1.29 is 14.3 Å². The molecular weight excluding hydrogens is 385 g/mol. The van der Waals surface area contributed by atoms with Gasteiger partial charge in [0.05, 0.1) is 30.3 Å². The normalized spacial score (nSPS) is 16.4. The Kier molecular flexibility index (Phi) is 6.51. The summed E-state index contributed by atoms with van der Waals surface area (Å²) in [6.45, 7) is 0.763.